The van der Waals surface area contributed by atoms with Gasteiger partial charge in [-0.3, -0.25) is 9.59 Å². The number of carbonyl (C=O) groups is 2. The van der Waals surface area contributed by atoms with Crippen LogP contribution in [0.5, 0.6) is 0 Å². The summed E-state index contributed by atoms with van der Waals surface area (Å²) in [5.41, 5.74) is 4.17. The molecule has 0 saturated carbocycles. The van der Waals surface area contributed by atoms with Gasteiger partial charge >= 0.3 is 0 Å². The lowest BCUT2D eigenvalue weighted by molar-refractivity contribution is -0.122. The van der Waals surface area contributed by atoms with Crippen LogP contribution in [0.2, 0.25) is 5.02 Å². The number of nitrogens with zero attached hydrogens (tertiary/aromatic N) is 1. The van der Waals surface area contributed by atoms with Gasteiger partial charge in [-0.05, 0) is 54.7 Å². The summed E-state index contributed by atoms with van der Waals surface area (Å²) < 4.78 is 0. The number of amides is 2. The van der Waals surface area contributed by atoms with Gasteiger partial charge in [0.15, 0.2) is 0 Å². The van der Waals surface area contributed by atoms with E-state index in [1.165, 1.54) is 17.5 Å². The van der Waals surface area contributed by atoms with Crippen molar-refractivity contribution in [3.63, 3.8) is 0 Å². The number of para-hydroxylation sites is 1. The van der Waals surface area contributed by atoms with Crippen LogP contribution in [-0.2, 0) is 22.4 Å². The normalized spacial score (nSPS) is 19.2. The molecule has 128 valence electrons. The molecular weight excluding hydrogens is 336 g/mol. The summed E-state index contributed by atoms with van der Waals surface area (Å²) >= 11 is 6.19. The molecule has 25 heavy (non-hydrogen) atoms. The Bertz CT molecular complexity index is 849. The Labute approximate surface area is 151 Å². The monoisotopic (exact) mass is 354 g/mol. The van der Waals surface area contributed by atoms with Crippen LogP contribution in [0.4, 0.5) is 11.4 Å². The van der Waals surface area contributed by atoms with Crippen molar-refractivity contribution in [1.82, 2.24) is 0 Å². The van der Waals surface area contributed by atoms with Gasteiger partial charge in [0.05, 0.1) is 16.6 Å². The van der Waals surface area contributed by atoms with E-state index in [0.29, 0.717) is 17.3 Å². The van der Waals surface area contributed by atoms with Crippen molar-refractivity contribution in [2.75, 3.05) is 16.8 Å². The molecule has 1 aliphatic carbocycles. The predicted molar refractivity (Wildman–Crippen MR) is 99.0 cm³/mol. The molecule has 1 fully saturated rings. The summed E-state index contributed by atoms with van der Waals surface area (Å²) in [5, 5.41) is 3.49. The summed E-state index contributed by atoms with van der Waals surface area (Å²) in [6.07, 6.45) is 3.58. The molecule has 0 spiro atoms. The molecule has 2 amide bonds. The third kappa shape index (κ3) is 3.14. The first-order chi connectivity index (χ1) is 12.1. The summed E-state index contributed by atoms with van der Waals surface area (Å²) in [5.74, 6) is -0.542. The first-order valence-corrected chi connectivity index (χ1v) is 8.97. The smallest absolute Gasteiger partial charge is 0.229 e. The standard InChI is InChI=1S/C20H19ClN2O2/c21-17-6-1-2-7-18(17)23-12-15(11-19(23)24)20(25)22-16-9-8-13-4-3-5-14(13)10-16/h1-2,6-10,15H,3-5,11-12H2,(H,22,25)/t15-/m1/s1. The van der Waals surface area contributed by atoms with Gasteiger partial charge in [0, 0.05) is 18.7 Å². The number of aryl methyl sites for hydroxylation is 2. The molecule has 1 atom stereocenters. The lowest BCUT2D eigenvalue weighted by Crippen LogP contribution is -2.28. The van der Waals surface area contributed by atoms with Crippen molar-refractivity contribution in [3.8, 4) is 0 Å². The third-order valence-electron chi connectivity index (χ3n) is 5.01. The second-order valence-electron chi connectivity index (χ2n) is 6.68. The molecule has 1 N–H and O–H groups in total. The molecule has 1 aliphatic heterocycles. The minimum absolute atomic E-state index is 0.0674. The zero-order chi connectivity index (χ0) is 17.4. The fourth-order valence-corrected chi connectivity index (χ4v) is 3.92. The van der Waals surface area contributed by atoms with Crippen LogP contribution >= 0.6 is 11.6 Å². The number of benzene rings is 2. The molecule has 2 aliphatic rings. The molecule has 1 heterocycles. The quantitative estimate of drug-likeness (QED) is 0.910. The maximum atomic E-state index is 12.6. The first kappa shape index (κ1) is 16.2. The molecule has 0 radical (unpaired) electrons. The van der Waals surface area contributed by atoms with Crippen molar-refractivity contribution in [3.05, 3.63) is 58.6 Å². The molecule has 5 heteroatoms. The Hall–Kier alpha value is -2.33. The highest BCUT2D eigenvalue weighted by atomic mass is 35.5. The van der Waals surface area contributed by atoms with E-state index in [-0.39, 0.29) is 24.2 Å². The van der Waals surface area contributed by atoms with Gasteiger partial charge in [0.1, 0.15) is 0 Å². The van der Waals surface area contributed by atoms with E-state index in [1.807, 2.05) is 18.2 Å². The van der Waals surface area contributed by atoms with E-state index >= 15 is 0 Å². The minimum atomic E-state index is -0.364. The zero-order valence-electron chi connectivity index (χ0n) is 13.8. The lowest BCUT2D eigenvalue weighted by Gasteiger charge is -2.18. The topological polar surface area (TPSA) is 49.4 Å². The van der Waals surface area contributed by atoms with Gasteiger partial charge in [0.2, 0.25) is 11.8 Å². The predicted octanol–water partition coefficient (Wildman–Crippen LogP) is 3.82. The maximum Gasteiger partial charge on any atom is 0.229 e. The fraction of sp³-hybridized carbons (Fsp3) is 0.300. The van der Waals surface area contributed by atoms with Crippen LogP contribution in [0, 0.1) is 5.92 Å². The average Bonchev–Trinajstić information content (AvgIpc) is 3.21. The Morgan fingerprint density at radius 3 is 2.76 bits per heavy atom. The number of hydrogen-bond acceptors (Lipinski definition) is 2. The molecule has 2 aromatic carbocycles. The van der Waals surface area contributed by atoms with Gasteiger partial charge in [-0.15, -0.1) is 0 Å². The van der Waals surface area contributed by atoms with E-state index in [0.717, 1.165) is 18.5 Å². The van der Waals surface area contributed by atoms with E-state index in [9.17, 15) is 9.59 Å². The van der Waals surface area contributed by atoms with Crippen molar-refractivity contribution in [2.45, 2.75) is 25.7 Å². The van der Waals surface area contributed by atoms with Crippen LogP contribution in [-0.4, -0.2) is 18.4 Å². The molecule has 1 saturated heterocycles. The van der Waals surface area contributed by atoms with E-state index in [1.54, 1.807) is 17.0 Å². The SMILES string of the molecule is O=C(Nc1ccc2c(c1)CCC2)[C@@H]1CC(=O)N(c2ccccc2Cl)C1. The first-order valence-electron chi connectivity index (χ1n) is 8.59. The molecule has 0 unspecified atom stereocenters. The highest BCUT2D eigenvalue weighted by Crippen LogP contribution is 2.32. The van der Waals surface area contributed by atoms with E-state index in [2.05, 4.69) is 17.4 Å². The van der Waals surface area contributed by atoms with Gasteiger partial charge < -0.3 is 10.2 Å². The fourth-order valence-electron chi connectivity index (χ4n) is 3.68. The molecule has 0 bridgehead atoms. The summed E-state index contributed by atoms with van der Waals surface area (Å²) in [4.78, 5) is 26.5. The number of carbonyl (C=O) groups excluding carboxylic acids is 2. The maximum absolute atomic E-state index is 12.6. The Balaban J connectivity index is 1.47. The number of fused-ring (bicyclic) bond motifs is 1. The number of anilines is 2. The highest BCUT2D eigenvalue weighted by Gasteiger charge is 2.35. The van der Waals surface area contributed by atoms with Gasteiger partial charge in [-0.25, -0.2) is 0 Å². The summed E-state index contributed by atoms with van der Waals surface area (Å²) in [6.45, 7) is 0.360. The van der Waals surface area contributed by atoms with Crippen LogP contribution in [0.1, 0.15) is 24.0 Å². The molecule has 4 nitrogen and oxygen atoms in total. The molecule has 2 aromatic rings. The van der Waals surface area contributed by atoms with E-state index in [4.69, 9.17) is 11.6 Å². The number of rotatable bonds is 3. The summed E-state index contributed by atoms with van der Waals surface area (Å²) in [7, 11) is 0. The van der Waals surface area contributed by atoms with Gasteiger partial charge in [0.25, 0.3) is 0 Å². The highest BCUT2D eigenvalue weighted by molar-refractivity contribution is 6.33. The second-order valence-corrected chi connectivity index (χ2v) is 7.09. The van der Waals surface area contributed by atoms with Crippen molar-refractivity contribution >= 4 is 34.8 Å². The molecule has 4 rings (SSSR count). The Kier molecular flexibility index (Phi) is 4.22. The van der Waals surface area contributed by atoms with Crippen LogP contribution in [0.3, 0.4) is 0 Å². The zero-order valence-corrected chi connectivity index (χ0v) is 14.6. The summed E-state index contributed by atoms with van der Waals surface area (Å²) in [6, 6.07) is 13.3. The minimum Gasteiger partial charge on any atom is -0.326 e. The molecule has 0 aromatic heterocycles. The third-order valence-corrected chi connectivity index (χ3v) is 5.32. The number of halogens is 1. The van der Waals surface area contributed by atoms with Crippen molar-refractivity contribution < 1.29 is 9.59 Å². The number of hydrogen-bond donors (Lipinski definition) is 1. The second kappa shape index (κ2) is 6.52. The average molecular weight is 355 g/mol. The van der Waals surface area contributed by atoms with Crippen molar-refractivity contribution in [2.24, 2.45) is 5.92 Å². The molecular formula is C20H19ClN2O2. The van der Waals surface area contributed by atoms with Gasteiger partial charge in [-0.2, -0.15) is 0 Å². The van der Waals surface area contributed by atoms with Crippen molar-refractivity contribution in [1.29, 1.82) is 0 Å². The van der Waals surface area contributed by atoms with Gasteiger partial charge in [-0.1, -0.05) is 29.8 Å². The largest absolute Gasteiger partial charge is 0.326 e. The van der Waals surface area contributed by atoms with Crippen LogP contribution < -0.4 is 10.2 Å². The number of nitrogens with one attached hydrogen (secondary N) is 1. The Morgan fingerprint density at radius 2 is 1.92 bits per heavy atom. The lowest BCUT2D eigenvalue weighted by atomic mass is 10.1. The van der Waals surface area contributed by atoms with Crippen LogP contribution in [0.15, 0.2) is 42.5 Å². The Morgan fingerprint density at radius 1 is 1.12 bits per heavy atom. The van der Waals surface area contributed by atoms with E-state index < -0.39 is 0 Å². The van der Waals surface area contributed by atoms with Crippen LogP contribution in [0.25, 0.3) is 0 Å².